The third-order valence-corrected chi connectivity index (χ3v) is 7.59. The summed E-state index contributed by atoms with van der Waals surface area (Å²) < 4.78 is 6.70. The average Bonchev–Trinajstić information content (AvgIpc) is 2.91. The Morgan fingerprint density at radius 2 is 1.74 bits per heavy atom. The van der Waals surface area contributed by atoms with E-state index in [4.69, 9.17) is 27.9 Å². The topological polar surface area (TPSA) is 58.6 Å². The number of hydrogen-bond acceptors (Lipinski definition) is 3. The minimum Gasteiger partial charge on any atom is -0.483 e. The van der Waals surface area contributed by atoms with Crippen LogP contribution in [0.5, 0.6) is 5.75 Å². The van der Waals surface area contributed by atoms with Gasteiger partial charge in [-0.2, -0.15) is 0 Å². The number of amides is 2. The van der Waals surface area contributed by atoms with Gasteiger partial charge in [0.1, 0.15) is 11.8 Å². The van der Waals surface area contributed by atoms with E-state index in [2.05, 4.69) is 28.2 Å². The van der Waals surface area contributed by atoms with E-state index in [1.54, 1.807) is 23.1 Å². The lowest BCUT2D eigenvalue weighted by Crippen LogP contribution is -2.53. The van der Waals surface area contributed by atoms with Gasteiger partial charge in [0.15, 0.2) is 6.61 Å². The molecular formula is C30H33BrCl2N2O3. The smallest absolute Gasteiger partial charge is 0.261 e. The fourth-order valence-corrected chi connectivity index (χ4v) is 4.94. The largest absolute Gasteiger partial charge is 0.483 e. The van der Waals surface area contributed by atoms with Crippen molar-refractivity contribution >= 4 is 50.9 Å². The van der Waals surface area contributed by atoms with Crippen LogP contribution in [-0.4, -0.2) is 35.4 Å². The number of nitrogens with one attached hydrogen (secondary N) is 1. The van der Waals surface area contributed by atoms with E-state index in [0.29, 0.717) is 27.8 Å². The van der Waals surface area contributed by atoms with Crippen molar-refractivity contribution in [1.29, 1.82) is 0 Å². The highest BCUT2D eigenvalue weighted by Crippen LogP contribution is 2.27. The molecule has 0 saturated heterocycles. The van der Waals surface area contributed by atoms with Gasteiger partial charge in [0.2, 0.25) is 5.91 Å². The molecule has 0 aliphatic carbocycles. The van der Waals surface area contributed by atoms with E-state index in [1.807, 2.05) is 62.4 Å². The average molecular weight is 620 g/mol. The molecule has 202 valence electrons. The zero-order chi connectivity index (χ0) is 27.7. The van der Waals surface area contributed by atoms with E-state index < -0.39 is 6.04 Å². The van der Waals surface area contributed by atoms with E-state index >= 15 is 0 Å². The summed E-state index contributed by atoms with van der Waals surface area (Å²) in [5.74, 6) is 0.00141. The van der Waals surface area contributed by atoms with Crippen LogP contribution in [0.2, 0.25) is 10.0 Å². The second-order valence-corrected chi connectivity index (χ2v) is 10.9. The number of halogens is 3. The van der Waals surface area contributed by atoms with Gasteiger partial charge < -0.3 is 15.0 Å². The van der Waals surface area contributed by atoms with Crippen LogP contribution in [0.4, 0.5) is 0 Å². The van der Waals surface area contributed by atoms with Gasteiger partial charge in [-0.15, -0.1) is 0 Å². The van der Waals surface area contributed by atoms with Crippen molar-refractivity contribution in [3.8, 4) is 5.75 Å². The third kappa shape index (κ3) is 8.48. The Bertz CT molecular complexity index is 1240. The molecule has 0 aliphatic heterocycles. The lowest BCUT2D eigenvalue weighted by Gasteiger charge is -2.32. The molecule has 0 aliphatic rings. The highest BCUT2D eigenvalue weighted by Gasteiger charge is 2.31. The number of benzene rings is 3. The number of carbonyl (C=O) groups excluding carboxylic acids is 2. The van der Waals surface area contributed by atoms with Gasteiger partial charge in [-0.1, -0.05) is 79.5 Å². The maximum atomic E-state index is 13.8. The Hall–Kier alpha value is -2.54. The Morgan fingerprint density at radius 1 is 1.00 bits per heavy atom. The summed E-state index contributed by atoms with van der Waals surface area (Å²) in [6, 6.07) is 19.8. The van der Waals surface area contributed by atoms with Gasteiger partial charge in [0.25, 0.3) is 5.91 Å². The minimum atomic E-state index is -0.778. The van der Waals surface area contributed by atoms with Crippen LogP contribution >= 0.6 is 39.1 Å². The highest BCUT2D eigenvalue weighted by atomic mass is 79.9. The first-order chi connectivity index (χ1) is 18.2. The zero-order valence-corrected chi connectivity index (χ0v) is 24.9. The Labute approximate surface area is 243 Å². The molecule has 1 N–H and O–H groups in total. The fraction of sp³-hybridized carbons (Fsp3) is 0.333. The molecule has 3 aromatic carbocycles. The molecule has 0 heterocycles. The van der Waals surface area contributed by atoms with Crippen molar-refractivity contribution < 1.29 is 14.3 Å². The van der Waals surface area contributed by atoms with Crippen LogP contribution < -0.4 is 10.1 Å². The van der Waals surface area contributed by atoms with Crippen molar-refractivity contribution in [2.75, 3.05) is 6.61 Å². The van der Waals surface area contributed by atoms with Crippen LogP contribution in [0.1, 0.15) is 43.9 Å². The maximum Gasteiger partial charge on any atom is 0.261 e. The summed E-state index contributed by atoms with van der Waals surface area (Å²) in [5.41, 5.74) is 2.78. The molecule has 0 radical (unpaired) electrons. The molecule has 0 spiro atoms. The molecule has 0 fully saturated rings. The lowest BCUT2D eigenvalue weighted by molar-refractivity contribution is -0.143. The summed E-state index contributed by atoms with van der Waals surface area (Å²) in [6.45, 7) is 5.91. The van der Waals surface area contributed by atoms with Crippen LogP contribution in [-0.2, 0) is 29.0 Å². The van der Waals surface area contributed by atoms with Gasteiger partial charge in [-0.3, -0.25) is 9.59 Å². The van der Waals surface area contributed by atoms with Gasteiger partial charge >= 0.3 is 0 Å². The summed E-state index contributed by atoms with van der Waals surface area (Å²) in [6.07, 6.45) is 2.00. The van der Waals surface area contributed by atoms with Gasteiger partial charge in [0, 0.05) is 29.1 Å². The molecule has 2 amide bonds. The second kappa shape index (κ2) is 14.6. The number of carbonyl (C=O) groups is 2. The van der Waals surface area contributed by atoms with Crippen molar-refractivity contribution in [3.63, 3.8) is 0 Å². The van der Waals surface area contributed by atoms with E-state index in [0.717, 1.165) is 28.4 Å². The molecule has 0 aromatic heterocycles. The standard InChI is InChI=1S/C30H33BrCl2N2O3/c1-4-20(3)34-30(37)27(16-22-9-7-6-8-10-22)35(18-23-12-13-24(32)17-26(23)33)29(36)19-38-28-14-11-21(5-2)15-25(28)31/h6-15,17,20,27H,4-5,16,18-19H2,1-3H3,(H,34,37). The summed E-state index contributed by atoms with van der Waals surface area (Å²) in [5, 5.41) is 3.98. The summed E-state index contributed by atoms with van der Waals surface area (Å²) in [7, 11) is 0. The SMILES string of the molecule is CCc1ccc(OCC(=O)N(Cc2ccc(Cl)cc2Cl)C(Cc2ccccc2)C(=O)NC(C)CC)c(Br)c1. The van der Waals surface area contributed by atoms with E-state index in [-0.39, 0.29) is 31.0 Å². The van der Waals surface area contributed by atoms with Crippen LogP contribution in [0, 0.1) is 0 Å². The first kappa shape index (κ1) is 30.0. The minimum absolute atomic E-state index is 0.0406. The molecule has 3 rings (SSSR count). The highest BCUT2D eigenvalue weighted by molar-refractivity contribution is 9.10. The monoisotopic (exact) mass is 618 g/mol. The summed E-state index contributed by atoms with van der Waals surface area (Å²) in [4.78, 5) is 28.9. The van der Waals surface area contributed by atoms with E-state index in [1.165, 1.54) is 0 Å². The molecule has 2 atom stereocenters. The number of aryl methyl sites for hydroxylation is 1. The molecule has 38 heavy (non-hydrogen) atoms. The van der Waals surface area contributed by atoms with Crippen molar-refractivity contribution in [2.24, 2.45) is 0 Å². The predicted octanol–water partition coefficient (Wildman–Crippen LogP) is 7.25. The lowest BCUT2D eigenvalue weighted by atomic mass is 10.0. The van der Waals surface area contributed by atoms with E-state index in [9.17, 15) is 9.59 Å². The van der Waals surface area contributed by atoms with Crippen LogP contribution in [0.25, 0.3) is 0 Å². The molecule has 2 unspecified atom stereocenters. The number of hydrogen-bond donors (Lipinski definition) is 1. The Morgan fingerprint density at radius 3 is 2.37 bits per heavy atom. The summed E-state index contributed by atoms with van der Waals surface area (Å²) >= 11 is 16.1. The van der Waals surface area contributed by atoms with Gasteiger partial charge in [0.05, 0.1) is 4.47 Å². The molecular weight excluding hydrogens is 587 g/mol. The maximum absolute atomic E-state index is 13.8. The molecule has 0 saturated carbocycles. The first-order valence-electron chi connectivity index (χ1n) is 12.7. The quantitative estimate of drug-likeness (QED) is 0.232. The normalized spacial score (nSPS) is 12.5. The second-order valence-electron chi connectivity index (χ2n) is 9.19. The van der Waals surface area contributed by atoms with Crippen LogP contribution in [0.3, 0.4) is 0 Å². The van der Waals surface area contributed by atoms with Gasteiger partial charge in [-0.05, 0) is 76.7 Å². The first-order valence-corrected chi connectivity index (χ1v) is 14.3. The number of ether oxygens (including phenoxy) is 1. The zero-order valence-electron chi connectivity index (χ0n) is 21.8. The molecule has 0 bridgehead atoms. The Balaban J connectivity index is 1.95. The van der Waals surface area contributed by atoms with Crippen LogP contribution in [0.15, 0.2) is 71.2 Å². The van der Waals surface area contributed by atoms with Crippen molar-refractivity contribution in [1.82, 2.24) is 10.2 Å². The molecule has 8 heteroatoms. The third-order valence-electron chi connectivity index (χ3n) is 6.38. The van der Waals surface area contributed by atoms with Crippen molar-refractivity contribution in [3.05, 3.63) is 97.9 Å². The van der Waals surface area contributed by atoms with Gasteiger partial charge in [-0.25, -0.2) is 0 Å². The number of rotatable bonds is 12. The van der Waals surface area contributed by atoms with Crippen molar-refractivity contribution in [2.45, 2.75) is 58.7 Å². The molecule has 3 aromatic rings. The number of nitrogens with zero attached hydrogens (tertiary/aromatic N) is 1. The molecule has 5 nitrogen and oxygen atoms in total. The fourth-order valence-electron chi connectivity index (χ4n) is 3.93. The predicted molar refractivity (Wildman–Crippen MR) is 158 cm³/mol. The Kier molecular flexibility index (Phi) is 11.5.